The molecule has 1 aromatic heterocycles. The normalized spacial score (nSPS) is 10.6. The number of nitrogens with zero attached hydrogens (tertiary/aromatic N) is 2. The van der Waals surface area contributed by atoms with Gasteiger partial charge in [0.05, 0.1) is 4.47 Å². The summed E-state index contributed by atoms with van der Waals surface area (Å²) < 4.78 is 18.1. The molecule has 0 fully saturated rings. The zero-order chi connectivity index (χ0) is 10.8. The molecule has 1 N–H and O–H groups in total. The lowest BCUT2D eigenvalue weighted by Crippen LogP contribution is -1.85. The van der Waals surface area contributed by atoms with Crippen LogP contribution in [0.1, 0.15) is 5.82 Å². The van der Waals surface area contributed by atoms with Crippen LogP contribution in [0, 0.1) is 5.82 Å². The maximum Gasteiger partial charge on any atom is 0.258 e. The van der Waals surface area contributed by atoms with E-state index in [9.17, 15) is 4.39 Å². The number of halogens is 2. The fourth-order valence-corrected chi connectivity index (χ4v) is 1.44. The molecule has 15 heavy (non-hydrogen) atoms. The number of aliphatic hydroxyl groups excluding tert-OH is 1. The Bertz CT molecular complexity index is 487. The molecule has 0 aliphatic carbocycles. The summed E-state index contributed by atoms with van der Waals surface area (Å²) in [6.07, 6.45) is 0. The highest BCUT2D eigenvalue weighted by molar-refractivity contribution is 9.10. The first-order chi connectivity index (χ1) is 7.20. The first-order valence-corrected chi connectivity index (χ1v) is 4.89. The SMILES string of the molecule is OCc1noc(-c2ccc(F)c(Br)c2)n1. The lowest BCUT2D eigenvalue weighted by atomic mass is 10.2. The largest absolute Gasteiger partial charge is 0.388 e. The molecule has 0 saturated heterocycles. The van der Waals surface area contributed by atoms with Crippen molar-refractivity contribution in [1.82, 2.24) is 10.1 Å². The first kappa shape index (κ1) is 10.3. The Morgan fingerprint density at radius 3 is 2.87 bits per heavy atom. The lowest BCUT2D eigenvalue weighted by molar-refractivity contribution is 0.264. The second kappa shape index (κ2) is 4.08. The molecule has 1 aromatic carbocycles. The van der Waals surface area contributed by atoms with Gasteiger partial charge in [-0.05, 0) is 34.1 Å². The number of rotatable bonds is 2. The van der Waals surface area contributed by atoms with Gasteiger partial charge < -0.3 is 9.63 Å². The van der Waals surface area contributed by atoms with Crippen molar-refractivity contribution in [2.24, 2.45) is 0 Å². The van der Waals surface area contributed by atoms with Crippen LogP contribution in [0.3, 0.4) is 0 Å². The van der Waals surface area contributed by atoms with Gasteiger partial charge in [0.15, 0.2) is 5.82 Å². The van der Waals surface area contributed by atoms with E-state index in [0.717, 1.165) is 0 Å². The van der Waals surface area contributed by atoms with Gasteiger partial charge in [0.25, 0.3) is 5.89 Å². The number of benzene rings is 1. The molecule has 0 atom stereocenters. The fraction of sp³-hybridized carbons (Fsp3) is 0.111. The molecule has 0 amide bonds. The summed E-state index contributed by atoms with van der Waals surface area (Å²) in [6.45, 7) is -0.286. The van der Waals surface area contributed by atoms with Gasteiger partial charge in [-0.3, -0.25) is 0 Å². The molecule has 2 rings (SSSR count). The Kier molecular flexibility index (Phi) is 2.79. The Morgan fingerprint density at radius 1 is 1.47 bits per heavy atom. The summed E-state index contributed by atoms with van der Waals surface area (Å²) in [5, 5.41) is 12.3. The van der Waals surface area contributed by atoms with E-state index >= 15 is 0 Å². The molecular formula is C9H6BrFN2O2. The van der Waals surface area contributed by atoms with E-state index in [1.54, 1.807) is 0 Å². The fourth-order valence-electron chi connectivity index (χ4n) is 1.06. The van der Waals surface area contributed by atoms with Gasteiger partial charge >= 0.3 is 0 Å². The third kappa shape index (κ3) is 2.05. The molecule has 0 unspecified atom stereocenters. The number of hydrogen-bond donors (Lipinski definition) is 1. The minimum Gasteiger partial charge on any atom is -0.388 e. The predicted octanol–water partition coefficient (Wildman–Crippen LogP) is 2.13. The quantitative estimate of drug-likeness (QED) is 0.910. The van der Waals surface area contributed by atoms with E-state index in [4.69, 9.17) is 9.63 Å². The van der Waals surface area contributed by atoms with Crippen LogP contribution < -0.4 is 0 Å². The molecule has 0 aliphatic heterocycles. The Hall–Kier alpha value is -1.27. The van der Waals surface area contributed by atoms with Gasteiger partial charge in [0, 0.05) is 5.56 Å². The van der Waals surface area contributed by atoms with E-state index in [0.29, 0.717) is 10.0 Å². The standard InChI is InChI=1S/C9H6BrFN2O2/c10-6-3-5(1-2-7(6)11)9-12-8(4-14)13-15-9/h1-3,14H,4H2. The van der Waals surface area contributed by atoms with Crippen molar-refractivity contribution in [3.8, 4) is 11.5 Å². The van der Waals surface area contributed by atoms with Gasteiger partial charge in [-0.2, -0.15) is 4.98 Å². The van der Waals surface area contributed by atoms with Crippen molar-refractivity contribution in [2.75, 3.05) is 0 Å². The van der Waals surface area contributed by atoms with Crippen molar-refractivity contribution in [3.63, 3.8) is 0 Å². The van der Waals surface area contributed by atoms with Crippen LogP contribution >= 0.6 is 15.9 Å². The average Bonchev–Trinajstić information content (AvgIpc) is 2.70. The summed E-state index contributed by atoms with van der Waals surface area (Å²) in [5.74, 6) is 0.0887. The van der Waals surface area contributed by atoms with Gasteiger partial charge in [-0.15, -0.1) is 0 Å². The third-order valence-corrected chi connectivity index (χ3v) is 2.38. The maximum atomic E-state index is 12.9. The van der Waals surface area contributed by atoms with Crippen LogP contribution in [-0.2, 0) is 6.61 Å². The number of hydrogen-bond acceptors (Lipinski definition) is 4. The minimum atomic E-state index is -0.361. The molecule has 0 aliphatic rings. The number of aromatic nitrogens is 2. The molecule has 0 radical (unpaired) electrons. The lowest BCUT2D eigenvalue weighted by Gasteiger charge is -1.96. The van der Waals surface area contributed by atoms with E-state index in [-0.39, 0.29) is 24.1 Å². The molecule has 78 valence electrons. The molecule has 2 aromatic rings. The van der Waals surface area contributed by atoms with E-state index in [1.165, 1.54) is 18.2 Å². The number of aliphatic hydroxyl groups is 1. The molecule has 1 heterocycles. The minimum absolute atomic E-state index is 0.199. The topological polar surface area (TPSA) is 59.2 Å². The van der Waals surface area contributed by atoms with Crippen LogP contribution in [0.25, 0.3) is 11.5 Å². The Morgan fingerprint density at radius 2 is 2.27 bits per heavy atom. The average molecular weight is 273 g/mol. The molecule has 6 heteroatoms. The van der Waals surface area contributed by atoms with E-state index in [2.05, 4.69) is 26.1 Å². The van der Waals surface area contributed by atoms with Crippen molar-refractivity contribution >= 4 is 15.9 Å². The highest BCUT2D eigenvalue weighted by Gasteiger charge is 2.09. The second-order valence-corrected chi connectivity index (χ2v) is 3.66. The molecule has 0 bridgehead atoms. The zero-order valence-electron chi connectivity index (χ0n) is 7.44. The molecular weight excluding hydrogens is 267 g/mol. The predicted molar refractivity (Wildman–Crippen MR) is 53.3 cm³/mol. The van der Waals surface area contributed by atoms with Crippen molar-refractivity contribution in [3.05, 3.63) is 34.3 Å². The molecule has 0 saturated carbocycles. The summed E-state index contributed by atoms with van der Waals surface area (Å²) in [5.41, 5.74) is 0.593. The smallest absolute Gasteiger partial charge is 0.258 e. The van der Waals surface area contributed by atoms with Crippen LogP contribution in [0.5, 0.6) is 0 Å². The third-order valence-electron chi connectivity index (χ3n) is 1.78. The molecule has 4 nitrogen and oxygen atoms in total. The summed E-state index contributed by atoms with van der Waals surface area (Å²) in [4.78, 5) is 3.90. The van der Waals surface area contributed by atoms with Gasteiger partial charge in [0.1, 0.15) is 12.4 Å². The van der Waals surface area contributed by atoms with Crippen LogP contribution in [0.4, 0.5) is 4.39 Å². The highest BCUT2D eigenvalue weighted by atomic mass is 79.9. The monoisotopic (exact) mass is 272 g/mol. The van der Waals surface area contributed by atoms with Crippen LogP contribution in [-0.4, -0.2) is 15.2 Å². The highest BCUT2D eigenvalue weighted by Crippen LogP contribution is 2.23. The summed E-state index contributed by atoms with van der Waals surface area (Å²) >= 11 is 3.05. The summed E-state index contributed by atoms with van der Waals surface area (Å²) in [7, 11) is 0. The van der Waals surface area contributed by atoms with Gasteiger partial charge in [0.2, 0.25) is 0 Å². The van der Waals surface area contributed by atoms with Crippen molar-refractivity contribution in [2.45, 2.75) is 6.61 Å². The Balaban J connectivity index is 2.40. The van der Waals surface area contributed by atoms with E-state index in [1.807, 2.05) is 0 Å². The maximum absolute atomic E-state index is 12.9. The van der Waals surface area contributed by atoms with Crippen LogP contribution in [0.15, 0.2) is 27.2 Å². The second-order valence-electron chi connectivity index (χ2n) is 2.80. The van der Waals surface area contributed by atoms with Crippen molar-refractivity contribution in [1.29, 1.82) is 0 Å². The van der Waals surface area contributed by atoms with Gasteiger partial charge in [-0.1, -0.05) is 5.16 Å². The van der Waals surface area contributed by atoms with Crippen molar-refractivity contribution < 1.29 is 14.0 Å². The zero-order valence-corrected chi connectivity index (χ0v) is 9.03. The molecule has 0 spiro atoms. The van der Waals surface area contributed by atoms with E-state index < -0.39 is 0 Å². The van der Waals surface area contributed by atoms with Crippen LogP contribution in [0.2, 0.25) is 0 Å². The first-order valence-electron chi connectivity index (χ1n) is 4.09. The summed E-state index contributed by atoms with van der Waals surface area (Å²) in [6, 6.07) is 4.35. The van der Waals surface area contributed by atoms with Gasteiger partial charge in [-0.25, -0.2) is 4.39 Å². The Labute approximate surface area is 92.9 Å².